The molecule has 0 unspecified atom stereocenters. The molecule has 0 atom stereocenters. The topological polar surface area (TPSA) is 57.2 Å². The van der Waals surface area contributed by atoms with E-state index in [4.69, 9.17) is 18.2 Å². The minimum absolute atomic E-state index is 0.550. The Kier molecular flexibility index (Phi) is 4.52. The van der Waals surface area contributed by atoms with Crippen LogP contribution in [0, 0.1) is 0 Å². The molecule has 0 aliphatic rings. The number of para-hydroxylation sites is 4. The Balaban J connectivity index is 1.23. The van der Waals surface area contributed by atoms with Gasteiger partial charge in [0.05, 0.1) is 16.6 Å². The van der Waals surface area contributed by atoms with Crippen molar-refractivity contribution in [2.45, 2.75) is 0 Å². The summed E-state index contributed by atoms with van der Waals surface area (Å²) >= 11 is 0. The van der Waals surface area contributed by atoms with Gasteiger partial charge in [-0.1, -0.05) is 72.8 Å². The zero-order chi connectivity index (χ0) is 29.9. The molecule has 11 rings (SSSR count). The van der Waals surface area contributed by atoms with Gasteiger partial charge in [0.2, 0.25) is 5.89 Å². The minimum Gasteiger partial charge on any atom is -0.456 e. The number of nitrogens with zero attached hydrogens (tertiary/aromatic N) is 2. The summed E-state index contributed by atoms with van der Waals surface area (Å²) in [6.45, 7) is 0. The van der Waals surface area contributed by atoms with Gasteiger partial charge in [0, 0.05) is 44.1 Å². The minimum atomic E-state index is 0.550. The SMILES string of the molecule is c1ccc2c(c1)cc(-c1nc3ccccc3o1)c1oc3ccc(-n4c5ccccc5c5cc6c(cc54)oc4ccccc46)cc3c12. The second-order valence-corrected chi connectivity index (χ2v) is 11.9. The summed E-state index contributed by atoms with van der Waals surface area (Å²) in [6, 6.07) is 46.2. The number of fused-ring (bicyclic) bond motifs is 12. The van der Waals surface area contributed by atoms with Crippen molar-refractivity contribution in [3.63, 3.8) is 0 Å². The standard InChI is InChI=1S/C41H22N2O3/c1-2-10-25-23(9-1)19-31(41-42-32-13-5-8-16-37(32)46-41)40-39(25)30-20-24(17-18-36(30)45-40)43-33-14-6-3-11-26(33)28-21-29-27-12-4-7-15-35(27)44-38(29)22-34(28)43/h1-22H. The van der Waals surface area contributed by atoms with Gasteiger partial charge < -0.3 is 17.8 Å². The normalized spacial score (nSPS) is 12.3. The molecule has 0 aliphatic heterocycles. The van der Waals surface area contributed by atoms with E-state index in [1.807, 2.05) is 36.4 Å². The van der Waals surface area contributed by atoms with E-state index < -0.39 is 0 Å². The third kappa shape index (κ3) is 3.16. The monoisotopic (exact) mass is 590 g/mol. The van der Waals surface area contributed by atoms with Crippen LogP contribution in [0.5, 0.6) is 0 Å². The van der Waals surface area contributed by atoms with Crippen LogP contribution in [0.1, 0.15) is 0 Å². The van der Waals surface area contributed by atoms with Crippen molar-refractivity contribution in [2.24, 2.45) is 0 Å². The molecule has 5 heteroatoms. The Hall–Kier alpha value is -6.33. The molecule has 0 aliphatic carbocycles. The van der Waals surface area contributed by atoms with Crippen LogP contribution in [-0.2, 0) is 0 Å². The molecule has 0 amide bonds. The maximum absolute atomic E-state index is 6.66. The van der Waals surface area contributed by atoms with Crippen molar-refractivity contribution in [2.75, 3.05) is 0 Å². The third-order valence-electron chi connectivity index (χ3n) is 9.40. The van der Waals surface area contributed by atoms with Crippen LogP contribution < -0.4 is 0 Å². The molecule has 5 nitrogen and oxygen atoms in total. The van der Waals surface area contributed by atoms with Gasteiger partial charge in [-0.05, 0) is 65.4 Å². The fourth-order valence-corrected chi connectivity index (χ4v) is 7.37. The van der Waals surface area contributed by atoms with Gasteiger partial charge in [-0.25, -0.2) is 4.98 Å². The van der Waals surface area contributed by atoms with E-state index in [9.17, 15) is 0 Å². The molecule has 0 bridgehead atoms. The smallest absolute Gasteiger partial charge is 0.231 e. The highest BCUT2D eigenvalue weighted by Gasteiger charge is 2.21. The fourth-order valence-electron chi connectivity index (χ4n) is 7.37. The molecule has 7 aromatic carbocycles. The largest absolute Gasteiger partial charge is 0.456 e. The lowest BCUT2D eigenvalue weighted by molar-refractivity contribution is 0.615. The molecule has 0 spiro atoms. The van der Waals surface area contributed by atoms with E-state index in [-0.39, 0.29) is 0 Å². The van der Waals surface area contributed by atoms with E-state index in [2.05, 4.69) is 102 Å². The van der Waals surface area contributed by atoms with Crippen LogP contribution in [0.25, 0.3) is 105 Å². The number of rotatable bonds is 2. The molecule has 11 aromatic rings. The highest BCUT2D eigenvalue weighted by atomic mass is 16.4. The van der Waals surface area contributed by atoms with E-state index in [1.54, 1.807) is 0 Å². The number of furan rings is 2. The average Bonchev–Trinajstić information content (AvgIpc) is 3.87. The maximum atomic E-state index is 6.66. The van der Waals surface area contributed by atoms with Crippen molar-refractivity contribution < 1.29 is 13.3 Å². The Morgan fingerprint density at radius 2 is 1.22 bits per heavy atom. The van der Waals surface area contributed by atoms with Gasteiger partial charge in [0.25, 0.3) is 0 Å². The predicted octanol–water partition coefficient (Wildman–Crippen LogP) is 11.5. The van der Waals surface area contributed by atoms with Crippen molar-refractivity contribution in [1.29, 1.82) is 0 Å². The van der Waals surface area contributed by atoms with Gasteiger partial charge in [-0.3, -0.25) is 0 Å². The van der Waals surface area contributed by atoms with Crippen LogP contribution in [-0.4, -0.2) is 9.55 Å². The van der Waals surface area contributed by atoms with Crippen LogP contribution >= 0.6 is 0 Å². The van der Waals surface area contributed by atoms with Crippen LogP contribution in [0.3, 0.4) is 0 Å². The van der Waals surface area contributed by atoms with E-state index in [0.29, 0.717) is 5.89 Å². The number of hydrogen-bond acceptors (Lipinski definition) is 4. The summed E-state index contributed by atoms with van der Waals surface area (Å²) in [5.41, 5.74) is 9.05. The van der Waals surface area contributed by atoms with Gasteiger partial charge in [-0.2, -0.15) is 0 Å². The molecule has 0 radical (unpaired) electrons. The van der Waals surface area contributed by atoms with Crippen LogP contribution in [0.15, 0.2) is 147 Å². The number of hydrogen-bond donors (Lipinski definition) is 0. The van der Waals surface area contributed by atoms with Crippen LogP contribution in [0.4, 0.5) is 0 Å². The molecule has 46 heavy (non-hydrogen) atoms. The van der Waals surface area contributed by atoms with E-state index >= 15 is 0 Å². The molecule has 0 fully saturated rings. The van der Waals surface area contributed by atoms with E-state index in [0.717, 1.165) is 88.0 Å². The van der Waals surface area contributed by atoms with Crippen LogP contribution in [0.2, 0.25) is 0 Å². The molecule has 4 aromatic heterocycles. The lowest BCUT2D eigenvalue weighted by Gasteiger charge is -2.08. The summed E-state index contributed by atoms with van der Waals surface area (Å²) in [4.78, 5) is 4.84. The van der Waals surface area contributed by atoms with Crippen molar-refractivity contribution in [3.8, 4) is 17.1 Å². The fraction of sp³-hybridized carbons (Fsp3) is 0. The van der Waals surface area contributed by atoms with Crippen molar-refractivity contribution in [1.82, 2.24) is 9.55 Å². The van der Waals surface area contributed by atoms with Gasteiger partial charge in [0.1, 0.15) is 27.8 Å². The molecule has 0 saturated carbocycles. The quantitative estimate of drug-likeness (QED) is 0.201. The number of oxazole rings is 1. The Morgan fingerprint density at radius 3 is 2.13 bits per heavy atom. The second-order valence-electron chi connectivity index (χ2n) is 11.9. The first-order chi connectivity index (χ1) is 22.8. The van der Waals surface area contributed by atoms with E-state index in [1.165, 1.54) is 10.8 Å². The highest BCUT2D eigenvalue weighted by molar-refractivity contribution is 6.23. The van der Waals surface area contributed by atoms with Gasteiger partial charge in [0.15, 0.2) is 5.58 Å². The lowest BCUT2D eigenvalue weighted by Crippen LogP contribution is -1.93. The lowest BCUT2D eigenvalue weighted by atomic mass is 10.00. The molecule has 4 heterocycles. The Labute approximate surface area is 260 Å². The molecule has 0 N–H and O–H groups in total. The average molecular weight is 591 g/mol. The number of benzene rings is 7. The zero-order valence-electron chi connectivity index (χ0n) is 24.3. The Morgan fingerprint density at radius 1 is 0.457 bits per heavy atom. The van der Waals surface area contributed by atoms with Gasteiger partial charge in [-0.15, -0.1) is 0 Å². The summed E-state index contributed by atoms with van der Waals surface area (Å²) in [7, 11) is 0. The molecular formula is C41H22N2O3. The molecule has 214 valence electrons. The first-order valence-corrected chi connectivity index (χ1v) is 15.4. The zero-order valence-corrected chi connectivity index (χ0v) is 24.3. The summed E-state index contributed by atoms with van der Waals surface area (Å²) in [5.74, 6) is 0.550. The third-order valence-corrected chi connectivity index (χ3v) is 9.40. The van der Waals surface area contributed by atoms with Crippen molar-refractivity contribution in [3.05, 3.63) is 133 Å². The summed E-state index contributed by atoms with van der Waals surface area (Å²) < 4.78 is 21.6. The van der Waals surface area contributed by atoms with Crippen molar-refractivity contribution >= 4 is 87.6 Å². The Bertz CT molecular complexity index is 3010. The highest BCUT2D eigenvalue weighted by Crippen LogP contribution is 2.43. The first kappa shape index (κ1) is 24.0. The molecular weight excluding hydrogens is 568 g/mol. The maximum Gasteiger partial charge on any atom is 0.231 e. The second kappa shape index (κ2) is 8.65. The first-order valence-electron chi connectivity index (χ1n) is 15.4. The predicted molar refractivity (Wildman–Crippen MR) is 186 cm³/mol. The summed E-state index contributed by atoms with van der Waals surface area (Å²) in [6.07, 6.45) is 0. The summed E-state index contributed by atoms with van der Waals surface area (Å²) in [5, 5.41) is 8.96. The van der Waals surface area contributed by atoms with Gasteiger partial charge >= 0.3 is 0 Å². The number of aromatic nitrogens is 2. The molecule has 0 saturated heterocycles.